The van der Waals surface area contributed by atoms with E-state index in [1.165, 1.54) is 16.9 Å². The van der Waals surface area contributed by atoms with Crippen LogP contribution in [0.4, 0.5) is 0 Å². The molecule has 2 heterocycles. The smallest absolute Gasteiger partial charge is 0.263 e. The number of thiazole rings is 2. The number of rotatable bonds is 5. The Hall–Kier alpha value is -2.05. The third-order valence-electron chi connectivity index (χ3n) is 3.94. The molecule has 1 aromatic carbocycles. The molecule has 3 aromatic rings. The molecular weight excluding hydrogens is 362 g/mol. The van der Waals surface area contributed by atoms with Crippen LogP contribution in [-0.2, 0) is 11.8 Å². The lowest BCUT2D eigenvalue weighted by Crippen LogP contribution is -2.24. The van der Waals surface area contributed by atoms with E-state index in [2.05, 4.69) is 65.7 Å². The van der Waals surface area contributed by atoms with Crippen molar-refractivity contribution in [3.63, 3.8) is 0 Å². The fraction of sp³-hybridized carbons (Fsp3) is 0.350. The topological polar surface area (TPSA) is 54.9 Å². The van der Waals surface area contributed by atoms with Gasteiger partial charge in [-0.25, -0.2) is 9.97 Å². The van der Waals surface area contributed by atoms with Gasteiger partial charge in [0.2, 0.25) is 0 Å². The van der Waals surface area contributed by atoms with Crippen LogP contribution in [0.5, 0.6) is 0 Å². The average Bonchev–Trinajstić information content (AvgIpc) is 3.24. The summed E-state index contributed by atoms with van der Waals surface area (Å²) in [4.78, 5) is 21.8. The van der Waals surface area contributed by atoms with Crippen molar-refractivity contribution < 1.29 is 4.79 Å². The molecule has 136 valence electrons. The number of amides is 1. The lowest BCUT2D eigenvalue weighted by molar-refractivity contribution is 0.0958. The number of benzene rings is 1. The molecule has 2 aromatic heterocycles. The Morgan fingerprint density at radius 3 is 2.50 bits per heavy atom. The fourth-order valence-electron chi connectivity index (χ4n) is 2.47. The summed E-state index contributed by atoms with van der Waals surface area (Å²) in [5.41, 5.74) is 3.32. The largest absolute Gasteiger partial charge is 0.351 e. The van der Waals surface area contributed by atoms with Gasteiger partial charge in [-0.2, -0.15) is 0 Å². The SMILES string of the molecule is Cc1nc(-c2ccc(CCNC(=O)c3cnc(C(C)(C)C)s3)cc2)cs1. The lowest BCUT2D eigenvalue weighted by Gasteiger charge is -2.13. The number of nitrogens with zero attached hydrogens (tertiary/aromatic N) is 2. The maximum Gasteiger partial charge on any atom is 0.263 e. The highest BCUT2D eigenvalue weighted by molar-refractivity contribution is 7.13. The van der Waals surface area contributed by atoms with E-state index in [4.69, 9.17) is 0 Å². The molecule has 0 radical (unpaired) electrons. The summed E-state index contributed by atoms with van der Waals surface area (Å²) in [5.74, 6) is -0.0485. The summed E-state index contributed by atoms with van der Waals surface area (Å²) in [7, 11) is 0. The summed E-state index contributed by atoms with van der Waals surface area (Å²) in [6, 6.07) is 8.37. The van der Waals surface area contributed by atoms with Crippen molar-refractivity contribution in [2.24, 2.45) is 0 Å². The maximum atomic E-state index is 12.3. The highest BCUT2D eigenvalue weighted by Gasteiger charge is 2.20. The van der Waals surface area contributed by atoms with Gasteiger partial charge in [-0.05, 0) is 18.9 Å². The van der Waals surface area contributed by atoms with Crippen LogP contribution in [0.1, 0.15) is 46.0 Å². The lowest BCUT2D eigenvalue weighted by atomic mass is 9.98. The molecule has 26 heavy (non-hydrogen) atoms. The number of aromatic nitrogens is 2. The van der Waals surface area contributed by atoms with Crippen LogP contribution in [0.15, 0.2) is 35.8 Å². The van der Waals surface area contributed by atoms with Crippen molar-refractivity contribution in [1.29, 1.82) is 0 Å². The molecule has 0 aliphatic carbocycles. The predicted octanol–water partition coefficient (Wildman–Crippen LogP) is 4.85. The van der Waals surface area contributed by atoms with Crippen molar-refractivity contribution in [2.45, 2.75) is 39.5 Å². The monoisotopic (exact) mass is 385 g/mol. The third-order valence-corrected chi connectivity index (χ3v) is 6.13. The first-order chi connectivity index (χ1) is 12.3. The molecule has 0 bridgehead atoms. The third kappa shape index (κ3) is 4.56. The van der Waals surface area contributed by atoms with Crippen LogP contribution < -0.4 is 5.32 Å². The minimum Gasteiger partial charge on any atom is -0.351 e. The summed E-state index contributed by atoms with van der Waals surface area (Å²) >= 11 is 3.13. The van der Waals surface area contributed by atoms with Crippen LogP contribution in [0.25, 0.3) is 11.3 Å². The minimum atomic E-state index is -0.0485. The predicted molar refractivity (Wildman–Crippen MR) is 109 cm³/mol. The van der Waals surface area contributed by atoms with Crippen molar-refractivity contribution in [3.05, 3.63) is 56.3 Å². The van der Waals surface area contributed by atoms with Crippen molar-refractivity contribution >= 4 is 28.6 Å². The molecule has 1 amide bonds. The fourth-order valence-corrected chi connectivity index (χ4v) is 3.98. The normalized spacial score (nSPS) is 11.5. The molecule has 0 saturated carbocycles. The number of nitrogens with one attached hydrogen (secondary N) is 1. The van der Waals surface area contributed by atoms with Gasteiger partial charge in [0.15, 0.2) is 0 Å². The second-order valence-electron chi connectivity index (χ2n) is 7.23. The second-order valence-corrected chi connectivity index (χ2v) is 9.33. The van der Waals surface area contributed by atoms with Gasteiger partial charge in [0.05, 0.1) is 21.9 Å². The molecule has 0 atom stereocenters. The van der Waals surface area contributed by atoms with E-state index in [0.717, 1.165) is 27.7 Å². The van der Waals surface area contributed by atoms with Gasteiger partial charge in [0.1, 0.15) is 4.88 Å². The van der Waals surface area contributed by atoms with Gasteiger partial charge in [0.25, 0.3) is 5.91 Å². The van der Waals surface area contributed by atoms with Crippen LogP contribution in [0.3, 0.4) is 0 Å². The molecule has 0 saturated heterocycles. The summed E-state index contributed by atoms with van der Waals surface area (Å²) in [5, 5.41) is 7.11. The summed E-state index contributed by atoms with van der Waals surface area (Å²) < 4.78 is 0. The standard InChI is InChI=1S/C20H23N3OS2/c1-13-23-16(12-25-13)15-7-5-14(6-8-15)9-10-21-18(24)17-11-22-19(26-17)20(2,3)4/h5-8,11-12H,9-10H2,1-4H3,(H,21,24). The Labute approximate surface area is 162 Å². The first-order valence-electron chi connectivity index (χ1n) is 8.59. The van der Waals surface area contributed by atoms with E-state index in [9.17, 15) is 4.79 Å². The van der Waals surface area contributed by atoms with Gasteiger partial charge in [-0.15, -0.1) is 22.7 Å². The number of aryl methyl sites for hydroxylation is 1. The highest BCUT2D eigenvalue weighted by Crippen LogP contribution is 2.26. The second kappa shape index (κ2) is 7.68. The first kappa shape index (κ1) is 18.7. The zero-order chi connectivity index (χ0) is 18.7. The molecule has 0 aliphatic heterocycles. The van der Waals surface area contributed by atoms with E-state index in [1.807, 2.05) is 6.92 Å². The Bertz CT molecular complexity index is 888. The van der Waals surface area contributed by atoms with E-state index in [0.29, 0.717) is 11.4 Å². The van der Waals surface area contributed by atoms with E-state index < -0.39 is 0 Å². The van der Waals surface area contributed by atoms with Gasteiger partial charge in [-0.1, -0.05) is 45.0 Å². The summed E-state index contributed by atoms with van der Waals surface area (Å²) in [6.45, 7) is 8.92. The quantitative estimate of drug-likeness (QED) is 0.683. The Morgan fingerprint density at radius 2 is 1.92 bits per heavy atom. The van der Waals surface area contributed by atoms with E-state index in [1.54, 1.807) is 17.5 Å². The molecule has 6 heteroatoms. The first-order valence-corrected chi connectivity index (χ1v) is 10.3. The highest BCUT2D eigenvalue weighted by atomic mass is 32.1. The average molecular weight is 386 g/mol. The molecule has 3 rings (SSSR count). The van der Waals surface area contributed by atoms with Crippen molar-refractivity contribution in [2.75, 3.05) is 6.54 Å². The van der Waals surface area contributed by atoms with Gasteiger partial charge < -0.3 is 5.32 Å². The number of hydrogen-bond donors (Lipinski definition) is 1. The molecule has 4 nitrogen and oxygen atoms in total. The Morgan fingerprint density at radius 1 is 1.19 bits per heavy atom. The van der Waals surface area contributed by atoms with E-state index in [-0.39, 0.29) is 11.3 Å². The number of carbonyl (C=O) groups is 1. The van der Waals surface area contributed by atoms with Gasteiger partial charge in [0, 0.05) is 22.9 Å². The maximum absolute atomic E-state index is 12.3. The number of carbonyl (C=O) groups excluding carboxylic acids is 1. The zero-order valence-corrected chi connectivity index (χ0v) is 17.1. The Kier molecular flexibility index (Phi) is 5.53. The number of hydrogen-bond acceptors (Lipinski definition) is 5. The summed E-state index contributed by atoms with van der Waals surface area (Å²) in [6.07, 6.45) is 2.47. The van der Waals surface area contributed by atoms with E-state index >= 15 is 0 Å². The zero-order valence-electron chi connectivity index (χ0n) is 15.5. The van der Waals surface area contributed by atoms with Crippen LogP contribution in [0.2, 0.25) is 0 Å². The Balaban J connectivity index is 1.53. The molecule has 0 aliphatic rings. The molecular formula is C20H23N3OS2. The molecule has 0 spiro atoms. The van der Waals surface area contributed by atoms with Crippen LogP contribution in [0, 0.1) is 6.92 Å². The van der Waals surface area contributed by atoms with Crippen LogP contribution in [-0.4, -0.2) is 22.4 Å². The van der Waals surface area contributed by atoms with Gasteiger partial charge in [-0.3, -0.25) is 4.79 Å². The molecule has 0 fully saturated rings. The minimum absolute atomic E-state index is 0.0270. The molecule has 1 N–H and O–H groups in total. The van der Waals surface area contributed by atoms with Crippen molar-refractivity contribution in [1.82, 2.24) is 15.3 Å². The molecule has 0 unspecified atom stereocenters. The van der Waals surface area contributed by atoms with Crippen LogP contribution >= 0.6 is 22.7 Å². The van der Waals surface area contributed by atoms with Gasteiger partial charge >= 0.3 is 0 Å². The van der Waals surface area contributed by atoms with Crippen molar-refractivity contribution in [3.8, 4) is 11.3 Å².